The van der Waals surface area contributed by atoms with Gasteiger partial charge in [0.1, 0.15) is 18.1 Å². The number of aryl methyl sites for hydroxylation is 1. The Morgan fingerprint density at radius 2 is 2.35 bits per heavy atom. The van der Waals surface area contributed by atoms with Crippen LogP contribution in [0.1, 0.15) is 16.1 Å². The number of aromatic nitrogens is 3. The van der Waals surface area contributed by atoms with Crippen molar-refractivity contribution in [3.05, 3.63) is 40.7 Å². The molecule has 0 aliphatic rings. The number of rotatable bonds is 4. The van der Waals surface area contributed by atoms with Crippen molar-refractivity contribution in [3.8, 4) is 5.75 Å². The molecule has 0 bridgehead atoms. The third-order valence-electron chi connectivity index (χ3n) is 2.16. The molecule has 0 radical (unpaired) electrons. The second-order valence-electron chi connectivity index (χ2n) is 3.44. The van der Waals surface area contributed by atoms with Crippen LogP contribution in [-0.2, 0) is 13.7 Å². The van der Waals surface area contributed by atoms with E-state index in [1.54, 1.807) is 36.1 Å². The molecule has 0 amide bonds. The monoisotopic (exact) mass is 251 g/mol. The van der Waals surface area contributed by atoms with Crippen LogP contribution in [0, 0.1) is 0 Å². The van der Waals surface area contributed by atoms with Crippen LogP contribution in [0.2, 0.25) is 5.02 Å². The predicted molar refractivity (Wildman–Crippen MR) is 62.2 cm³/mol. The summed E-state index contributed by atoms with van der Waals surface area (Å²) in [5.41, 5.74) is 1.03. The van der Waals surface area contributed by atoms with Crippen molar-refractivity contribution in [2.45, 2.75) is 6.61 Å². The minimum atomic E-state index is 0.245. The van der Waals surface area contributed by atoms with Gasteiger partial charge in [0.25, 0.3) is 0 Å². The number of benzene rings is 1. The smallest absolute Gasteiger partial charge is 0.155 e. The minimum Gasteiger partial charge on any atom is -0.486 e. The number of carbonyl (C=O) groups excluding carboxylic acids is 1. The molecule has 0 unspecified atom stereocenters. The lowest BCUT2D eigenvalue weighted by Gasteiger charge is -2.07. The summed E-state index contributed by atoms with van der Waals surface area (Å²) in [6, 6.07) is 5.05. The van der Waals surface area contributed by atoms with Gasteiger partial charge in [0, 0.05) is 7.05 Å². The van der Waals surface area contributed by atoms with E-state index < -0.39 is 0 Å². The van der Waals surface area contributed by atoms with Gasteiger partial charge in [0.2, 0.25) is 0 Å². The van der Waals surface area contributed by atoms with Crippen LogP contribution in [-0.4, -0.2) is 21.3 Å². The number of hydrogen-bond donors (Lipinski definition) is 0. The zero-order valence-corrected chi connectivity index (χ0v) is 9.89. The summed E-state index contributed by atoms with van der Waals surface area (Å²) in [4.78, 5) is 10.9. The Morgan fingerprint density at radius 1 is 1.53 bits per heavy atom. The zero-order chi connectivity index (χ0) is 12.3. The molecule has 0 saturated carbocycles. The van der Waals surface area contributed by atoms with Crippen LogP contribution < -0.4 is 4.74 Å². The maximum Gasteiger partial charge on any atom is 0.155 e. The SMILES string of the molecule is Cn1cc(COc2cccc(Cl)c2C=O)nn1. The highest BCUT2D eigenvalue weighted by atomic mass is 35.5. The van der Waals surface area contributed by atoms with Gasteiger partial charge in [-0.1, -0.05) is 22.9 Å². The van der Waals surface area contributed by atoms with Crippen LogP contribution in [0.25, 0.3) is 0 Å². The fourth-order valence-electron chi connectivity index (χ4n) is 1.37. The summed E-state index contributed by atoms with van der Waals surface area (Å²) in [7, 11) is 1.77. The Kier molecular flexibility index (Phi) is 3.39. The molecular formula is C11H10ClN3O2. The molecule has 1 heterocycles. The Balaban J connectivity index is 2.14. The first-order valence-electron chi connectivity index (χ1n) is 4.92. The quantitative estimate of drug-likeness (QED) is 0.779. The van der Waals surface area contributed by atoms with Crippen LogP contribution in [0.15, 0.2) is 24.4 Å². The molecule has 0 spiro atoms. The van der Waals surface area contributed by atoms with E-state index in [1.165, 1.54) is 0 Å². The van der Waals surface area contributed by atoms with Gasteiger partial charge in [-0.2, -0.15) is 0 Å². The highest BCUT2D eigenvalue weighted by Gasteiger charge is 2.08. The summed E-state index contributed by atoms with van der Waals surface area (Å²) in [5.74, 6) is 0.443. The molecule has 1 aromatic heterocycles. The molecule has 17 heavy (non-hydrogen) atoms. The van der Waals surface area contributed by atoms with Gasteiger partial charge in [0.05, 0.1) is 16.8 Å². The van der Waals surface area contributed by atoms with Gasteiger partial charge in [-0.15, -0.1) is 5.10 Å². The Labute approximate surface area is 103 Å². The van der Waals surface area contributed by atoms with Crippen LogP contribution >= 0.6 is 11.6 Å². The van der Waals surface area contributed by atoms with E-state index in [9.17, 15) is 4.79 Å². The summed E-state index contributed by atoms with van der Waals surface area (Å²) in [6.07, 6.45) is 2.42. The minimum absolute atomic E-state index is 0.245. The van der Waals surface area contributed by atoms with Gasteiger partial charge in [-0.25, -0.2) is 0 Å². The molecular weight excluding hydrogens is 242 g/mol. The molecule has 0 saturated heterocycles. The number of nitrogens with zero attached hydrogens (tertiary/aromatic N) is 3. The van der Waals surface area contributed by atoms with E-state index in [0.717, 1.165) is 0 Å². The van der Waals surface area contributed by atoms with Gasteiger partial charge < -0.3 is 4.74 Å². The molecule has 2 aromatic rings. The second kappa shape index (κ2) is 4.97. The molecule has 6 heteroatoms. The lowest BCUT2D eigenvalue weighted by Crippen LogP contribution is -1.99. The van der Waals surface area contributed by atoms with E-state index in [4.69, 9.17) is 16.3 Å². The Bertz CT molecular complexity index is 539. The number of halogens is 1. The summed E-state index contributed by atoms with van der Waals surface area (Å²) < 4.78 is 7.06. The average Bonchev–Trinajstić information content (AvgIpc) is 2.72. The maximum absolute atomic E-state index is 10.9. The van der Waals surface area contributed by atoms with Crippen molar-refractivity contribution < 1.29 is 9.53 Å². The normalized spacial score (nSPS) is 10.2. The molecule has 2 rings (SSSR count). The van der Waals surface area contributed by atoms with E-state index >= 15 is 0 Å². The third-order valence-corrected chi connectivity index (χ3v) is 2.49. The van der Waals surface area contributed by atoms with E-state index in [0.29, 0.717) is 28.3 Å². The van der Waals surface area contributed by atoms with Crippen LogP contribution in [0.3, 0.4) is 0 Å². The van der Waals surface area contributed by atoms with Crippen molar-refractivity contribution in [2.24, 2.45) is 7.05 Å². The fraction of sp³-hybridized carbons (Fsp3) is 0.182. The first kappa shape index (κ1) is 11.6. The predicted octanol–water partition coefficient (Wildman–Crippen LogP) is 1.86. The van der Waals surface area contributed by atoms with Crippen molar-refractivity contribution in [3.63, 3.8) is 0 Å². The summed E-state index contributed by atoms with van der Waals surface area (Å²) >= 11 is 5.87. The molecule has 88 valence electrons. The summed E-state index contributed by atoms with van der Waals surface area (Å²) in [5, 5.41) is 8.03. The molecule has 5 nitrogen and oxygen atoms in total. The van der Waals surface area contributed by atoms with E-state index in [-0.39, 0.29) is 6.61 Å². The lowest BCUT2D eigenvalue weighted by molar-refractivity contribution is 0.111. The topological polar surface area (TPSA) is 57.0 Å². The standard InChI is InChI=1S/C11H10ClN3O2/c1-15-5-8(13-14-15)7-17-11-4-2-3-10(12)9(11)6-16/h2-6H,7H2,1H3. The van der Waals surface area contributed by atoms with Crippen molar-refractivity contribution in [1.82, 2.24) is 15.0 Å². The van der Waals surface area contributed by atoms with Gasteiger partial charge in [0.15, 0.2) is 6.29 Å². The van der Waals surface area contributed by atoms with Gasteiger partial charge >= 0.3 is 0 Å². The molecule has 1 aromatic carbocycles. The van der Waals surface area contributed by atoms with E-state index in [2.05, 4.69) is 10.3 Å². The number of hydrogen-bond acceptors (Lipinski definition) is 4. The molecule has 0 aliphatic carbocycles. The van der Waals surface area contributed by atoms with Crippen molar-refractivity contribution in [2.75, 3.05) is 0 Å². The largest absolute Gasteiger partial charge is 0.486 e. The average molecular weight is 252 g/mol. The number of aldehydes is 1. The lowest BCUT2D eigenvalue weighted by atomic mass is 10.2. The second-order valence-corrected chi connectivity index (χ2v) is 3.85. The summed E-state index contributed by atoms with van der Waals surface area (Å²) in [6.45, 7) is 0.245. The zero-order valence-electron chi connectivity index (χ0n) is 9.13. The molecule has 0 N–H and O–H groups in total. The number of ether oxygens (including phenoxy) is 1. The van der Waals surface area contributed by atoms with Crippen LogP contribution in [0.4, 0.5) is 0 Å². The first-order chi connectivity index (χ1) is 8.20. The maximum atomic E-state index is 10.9. The number of carbonyl (C=O) groups is 1. The third kappa shape index (κ3) is 2.62. The fourth-order valence-corrected chi connectivity index (χ4v) is 1.58. The van der Waals surface area contributed by atoms with Gasteiger partial charge in [-0.05, 0) is 12.1 Å². The van der Waals surface area contributed by atoms with Crippen molar-refractivity contribution >= 4 is 17.9 Å². The molecule has 0 atom stereocenters. The highest BCUT2D eigenvalue weighted by Crippen LogP contribution is 2.24. The molecule has 0 fully saturated rings. The first-order valence-corrected chi connectivity index (χ1v) is 5.30. The van der Waals surface area contributed by atoms with Gasteiger partial charge in [-0.3, -0.25) is 9.48 Å². The Morgan fingerprint density at radius 3 is 3.00 bits per heavy atom. The highest BCUT2D eigenvalue weighted by molar-refractivity contribution is 6.33. The van der Waals surface area contributed by atoms with E-state index in [1.807, 2.05) is 0 Å². The van der Waals surface area contributed by atoms with Crippen LogP contribution in [0.5, 0.6) is 5.75 Å². The molecule has 0 aliphatic heterocycles. The van der Waals surface area contributed by atoms with Crippen molar-refractivity contribution in [1.29, 1.82) is 0 Å². The Hall–Kier alpha value is -1.88.